The maximum absolute atomic E-state index is 15.2. The molecule has 2 heterocycles. The van der Waals surface area contributed by atoms with Gasteiger partial charge < -0.3 is 14.5 Å². The van der Waals surface area contributed by atoms with Crippen molar-refractivity contribution in [2.75, 3.05) is 25.1 Å². The smallest absolute Gasteiger partial charge is 0.301 e. The van der Waals surface area contributed by atoms with Gasteiger partial charge in [-0.2, -0.15) is 0 Å². The fourth-order valence-electron chi connectivity index (χ4n) is 3.54. The number of sulfone groups is 1. The van der Waals surface area contributed by atoms with E-state index in [0.717, 1.165) is 6.26 Å². The molecule has 0 aromatic heterocycles. The molecule has 1 atom stereocenters. The largest absolute Gasteiger partial charge is 0.426 e. The van der Waals surface area contributed by atoms with E-state index in [2.05, 4.69) is 5.16 Å². The monoisotopic (exact) mass is 534 g/mol. The summed E-state index contributed by atoms with van der Waals surface area (Å²) in [6.07, 6.45) is 0.963. The Bertz CT molecular complexity index is 1240. The van der Waals surface area contributed by atoms with Crippen LogP contribution in [0.25, 0.3) is 0 Å². The van der Waals surface area contributed by atoms with Crippen LogP contribution in [-0.4, -0.2) is 50.2 Å². The van der Waals surface area contributed by atoms with Crippen molar-refractivity contribution in [3.8, 4) is 0 Å². The molecule has 1 amide bonds. The molecule has 33 heavy (non-hydrogen) atoms. The van der Waals surface area contributed by atoms with Crippen LogP contribution in [0.4, 0.5) is 4.39 Å². The quantitative estimate of drug-likeness (QED) is 0.534. The lowest BCUT2D eigenvalue weighted by molar-refractivity contribution is -0.152. The summed E-state index contributed by atoms with van der Waals surface area (Å²) < 4.78 is 43.6. The highest BCUT2D eigenvalue weighted by Gasteiger charge is 2.47. The lowest BCUT2D eigenvalue weighted by atomic mass is 9.87. The molecule has 2 aliphatic rings. The third-order valence-electron chi connectivity index (χ3n) is 5.37. The predicted molar refractivity (Wildman–Crippen MR) is 123 cm³/mol. The first-order chi connectivity index (χ1) is 15.3. The highest BCUT2D eigenvalue weighted by atomic mass is 35.5. The van der Waals surface area contributed by atoms with Gasteiger partial charge in [0.15, 0.2) is 15.5 Å². The molecule has 2 aromatic carbocycles. The van der Waals surface area contributed by atoms with Crippen LogP contribution < -0.4 is 0 Å². The Hall–Kier alpha value is -2.07. The van der Waals surface area contributed by atoms with Crippen molar-refractivity contribution in [2.24, 2.45) is 5.16 Å². The molecule has 0 N–H and O–H groups in total. The SMILES string of the molecule is CC1(c2cc(Cl)c(Cl)c(Cl)c2)ON=C(c2ccc(C3(F)CN(C(=O)CS(C)(=O)=O)C3)cc2)O1. The number of amides is 1. The maximum atomic E-state index is 15.2. The summed E-state index contributed by atoms with van der Waals surface area (Å²) in [5.74, 6) is -2.36. The molecule has 0 spiro atoms. The zero-order valence-electron chi connectivity index (χ0n) is 17.4. The molecule has 4 rings (SSSR count). The molecule has 0 aliphatic carbocycles. The number of halogens is 4. The van der Waals surface area contributed by atoms with Crippen LogP contribution in [0.3, 0.4) is 0 Å². The molecule has 1 unspecified atom stereocenters. The molecule has 1 saturated heterocycles. The van der Waals surface area contributed by atoms with Crippen molar-refractivity contribution in [3.63, 3.8) is 0 Å². The van der Waals surface area contributed by atoms with E-state index >= 15 is 4.39 Å². The summed E-state index contributed by atoms with van der Waals surface area (Å²) in [4.78, 5) is 18.6. The van der Waals surface area contributed by atoms with Crippen LogP contribution in [0.15, 0.2) is 41.6 Å². The summed E-state index contributed by atoms with van der Waals surface area (Å²) in [5.41, 5.74) is -0.352. The molecule has 2 aliphatic heterocycles. The van der Waals surface area contributed by atoms with Gasteiger partial charge in [-0.3, -0.25) is 4.79 Å². The van der Waals surface area contributed by atoms with Gasteiger partial charge >= 0.3 is 5.79 Å². The minimum absolute atomic E-state index is 0.178. The average molecular weight is 536 g/mol. The van der Waals surface area contributed by atoms with Gasteiger partial charge in [0, 0.05) is 24.3 Å². The number of hydrogen-bond acceptors (Lipinski definition) is 6. The van der Waals surface area contributed by atoms with Crippen molar-refractivity contribution < 1.29 is 27.2 Å². The molecule has 2 aromatic rings. The van der Waals surface area contributed by atoms with E-state index in [4.69, 9.17) is 44.4 Å². The number of oxime groups is 1. The second-order valence-corrected chi connectivity index (χ2v) is 11.5. The van der Waals surface area contributed by atoms with Crippen molar-refractivity contribution >= 4 is 56.4 Å². The number of hydrogen-bond donors (Lipinski definition) is 0. The molecule has 12 heteroatoms. The first kappa shape index (κ1) is 24.1. The topological polar surface area (TPSA) is 85.3 Å². The van der Waals surface area contributed by atoms with Gasteiger partial charge in [-0.15, -0.1) is 0 Å². The molecular formula is C21H18Cl3FN2O5S. The van der Waals surface area contributed by atoms with E-state index in [1.807, 2.05) is 0 Å². The summed E-state index contributed by atoms with van der Waals surface area (Å²) in [7, 11) is -3.47. The Morgan fingerprint density at radius 1 is 1.12 bits per heavy atom. The Labute approximate surface area is 204 Å². The molecule has 0 saturated carbocycles. The van der Waals surface area contributed by atoms with Crippen molar-refractivity contribution in [2.45, 2.75) is 18.4 Å². The van der Waals surface area contributed by atoms with Gasteiger partial charge in [0.05, 0.1) is 28.2 Å². The number of carbonyl (C=O) groups is 1. The normalized spacial score (nSPS) is 21.6. The molecule has 0 radical (unpaired) electrons. The molecule has 176 valence electrons. The summed E-state index contributed by atoms with van der Waals surface area (Å²) in [6, 6.07) is 9.49. The lowest BCUT2D eigenvalue weighted by Gasteiger charge is -2.44. The Balaban J connectivity index is 1.44. The van der Waals surface area contributed by atoms with Gasteiger partial charge in [0.1, 0.15) is 5.75 Å². The van der Waals surface area contributed by atoms with Gasteiger partial charge in [0.2, 0.25) is 5.91 Å². The van der Waals surface area contributed by atoms with E-state index < -0.39 is 33.0 Å². The van der Waals surface area contributed by atoms with E-state index in [9.17, 15) is 13.2 Å². The number of ether oxygens (including phenoxy) is 1. The number of nitrogens with zero attached hydrogens (tertiary/aromatic N) is 2. The van der Waals surface area contributed by atoms with Crippen molar-refractivity contribution in [1.82, 2.24) is 4.90 Å². The minimum Gasteiger partial charge on any atom is -0.426 e. The van der Waals surface area contributed by atoms with Gasteiger partial charge in [0.25, 0.3) is 5.90 Å². The molecule has 7 nitrogen and oxygen atoms in total. The highest BCUT2D eigenvalue weighted by Crippen LogP contribution is 2.40. The van der Waals surface area contributed by atoms with Crippen LogP contribution in [0.5, 0.6) is 0 Å². The van der Waals surface area contributed by atoms with E-state index in [0.29, 0.717) is 16.7 Å². The van der Waals surface area contributed by atoms with E-state index in [1.54, 1.807) is 43.3 Å². The number of rotatable bonds is 5. The fourth-order valence-corrected chi connectivity index (χ4v) is 4.76. The second kappa shape index (κ2) is 8.30. The number of alkyl halides is 1. The Kier molecular flexibility index (Phi) is 6.05. The van der Waals surface area contributed by atoms with Crippen LogP contribution >= 0.6 is 34.8 Å². The molecular weight excluding hydrogens is 518 g/mol. The highest BCUT2D eigenvalue weighted by molar-refractivity contribution is 7.91. The van der Waals surface area contributed by atoms with Gasteiger partial charge in [-0.25, -0.2) is 12.8 Å². The van der Waals surface area contributed by atoms with Crippen LogP contribution in [0.2, 0.25) is 15.1 Å². The van der Waals surface area contributed by atoms with E-state index in [1.165, 1.54) is 4.90 Å². The van der Waals surface area contributed by atoms with Crippen LogP contribution in [0, 0.1) is 0 Å². The third kappa shape index (κ3) is 4.77. The van der Waals surface area contributed by atoms with Crippen molar-refractivity contribution in [3.05, 3.63) is 68.2 Å². The van der Waals surface area contributed by atoms with Gasteiger partial charge in [-0.1, -0.05) is 46.9 Å². The number of likely N-dealkylation sites (tertiary alicyclic amines) is 1. The minimum atomic E-state index is -3.47. The molecule has 1 fully saturated rings. The van der Waals surface area contributed by atoms with Crippen LogP contribution in [-0.2, 0) is 35.7 Å². The first-order valence-corrected chi connectivity index (χ1v) is 12.8. The van der Waals surface area contributed by atoms with E-state index in [-0.39, 0.29) is 34.1 Å². The zero-order valence-corrected chi connectivity index (χ0v) is 20.5. The average Bonchev–Trinajstić information content (AvgIpc) is 3.11. The lowest BCUT2D eigenvalue weighted by Crippen LogP contribution is -2.59. The number of carbonyl (C=O) groups excluding carboxylic acids is 1. The zero-order chi connectivity index (χ0) is 24.2. The number of benzene rings is 2. The summed E-state index contributed by atoms with van der Waals surface area (Å²) in [5, 5.41) is 4.68. The van der Waals surface area contributed by atoms with Crippen LogP contribution in [0.1, 0.15) is 23.6 Å². The van der Waals surface area contributed by atoms with Crippen molar-refractivity contribution in [1.29, 1.82) is 0 Å². The third-order valence-corrected chi connectivity index (χ3v) is 7.34. The molecule has 0 bridgehead atoms. The maximum Gasteiger partial charge on any atom is 0.301 e. The first-order valence-electron chi connectivity index (χ1n) is 9.65. The summed E-state index contributed by atoms with van der Waals surface area (Å²) in [6.45, 7) is 1.22. The second-order valence-electron chi connectivity index (χ2n) is 8.15. The fraction of sp³-hybridized carbons (Fsp3) is 0.333. The standard InChI is InChI=1S/C21H18Cl3FN2O5S/c1-20(14-7-15(22)18(24)16(23)8-14)31-19(26-32-20)12-3-5-13(6-4-12)21(25)10-27(11-21)17(28)9-33(2,29)30/h3-8H,9-11H2,1-2H3. The van der Waals surface area contributed by atoms with Gasteiger partial charge in [-0.05, 0) is 35.0 Å². The Morgan fingerprint density at radius 3 is 2.24 bits per heavy atom. The predicted octanol–water partition coefficient (Wildman–Crippen LogP) is 4.28. The Morgan fingerprint density at radius 2 is 1.70 bits per heavy atom. The summed E-state index contributed by atoms with van der Waals surface area (Å²) >= 11 is 18.2.